The second kappa shape index (κ2) is 5.02. The molecule has 0 aliphatic heterocycles. The van der Waals surface area contributed by atoms with Crippen LogP contribution in [0.15, 0.2) is 0 Å². The van der Waals surface area contributed by atoms with Crippen LogP contribution >= 0.6 is 16.5 Å². The Morgan fingerprint density at radius 2 is 1.77 bits per heavy atom. The SMILES string of the molecule is C[N+](C)(C)C(O[P+](=O)[O-])O[P+](=O)O. The number of nitrogens with zero attached hydrogens (tertiary/aromatic N) is 1. The van der Waals surface area contributed by atoms with Crippen molar-refractivity contribution < 1.29 is 32.4 Å². The fraction of sp³-hybridized carbons (Fsp3) is 1.00. The highest BCUT2D eigenvalue weighted by Crippen LogP contribution is 2.27. The lowest BCUT2D eigenvalue weighted by atomic mass is 10.7. The second-order valence-electron chi connectivity index (χ2n) is 3.10. The quantitative estimate of drug-likeness (QED) is 0.395. The first-order chi connectivity index (χ1) is 5.73. The van der Waals surface area contributed by atoms with Crippen LogP contribution in [0.25, 0.3) is 0 Å². The molecular weight excluding hydrogens is 220 g/mol. The molecule has 0 aromatic heterocycles. The summed E-state index contributed by atoms with van der Waals surface area (Å²) in [6, 6.07) is 0. The van der Waals surface area contributed by atoms with Gasteiger partial charge in [0, 0.05) is 4.57 Å². The van der Waals surface area contributed by atoms with E-state index in [4.69, 9.17) is 4.89 Å². The fourth-order valence-electron chi connectivity index (χ4n) is 0.453. The van der Waals surface area contributed by atoms with Crippen molar-refractivity contribution in [3.05, 3.63) is 0 Å². The van der Waals surface area contributed by atoms with Gasteiger partial charge in [0.2, 0.25) is 0 Å². The van der Waals surface area contributed by atoms with Crippen LogP contribution in [0.4, 0.5) is 0 Å². The smallest absolute Gasteiger partial charge is 0.566 e. The van der Waals surface area contributed by atoms with Crippen LogP contribution in [0.5, 0.6) is 0 Å². The van der Waals surface area contributed by atoms with Crippen molar-refractivity contribution in [2.45, 2.75) is 6.41 Å². The van der Waals surface area contributed by atoms with Gasteiger partial charge in [0.1, 0.15) is 0 Å². The van der Waals surface area contributed by atoms with Crippen LogP contribution < -0.4 is 4.89 Å². The summed E-state index contributed by atoms with van der Waals surface area (Å²) in [4.78, 5) is 18.6. The minimum Gasteiger partial charge on any atom is -0.566 e. The Morgan fingerprint density at radius 1 is 1.31 bits per heavy atom. The lowest BCUT2D eigenvalue weighted by Gasteiger charge is -2.24. The maximum Gasteiger partial charge on any atom is 0.703 e. The summed E-state index contributed by atoms with van der Waals surface area (Å²) in [5.74, 6) is 0. The highest BCUT2D eigenvalue weighted by Gasteiger charge is 2.40. The molecule has 7 nitrogen and oxygen atoms in total. The third-order valence-electron chi connectivity index (χ3n) is 0.989. The molecule has 0 aliphatic carbocycles. The van der Waals surface area contributed by atoms with Gasteiger partial charge in [-0.15, -0.1) is 4.89 Å². The van der Waals surface area contributed by atoms with E-state index in [0.717, 1.165) is 0 Å². The molecular formula is C4H11NO6P2+2. The van der Waals surface area contributed by atoms with Gasteiger partial charge in [0.25, 0.3) is 0 Å². The van der Waals surface area contributed by atoms with Crippen molar-refractivity contribution in [3.8, 4) is 0 Å². The van der Waals surface area contributed by atoms with Gasteiger partial charge in [0.15, 0.2) is 0 Å². The van der Waals surface area contributed by atoms with E-state index in [0.29, 0.717) is 0 Å². The summed E-state index contributed by atoms with van der Waals surface area (Å²) in [7, 11) is -1.33. The minimum absolute atomic E-state index is 0.0645. The van der Waals surface area contributed by atoms with Gasteiger partial charge in [-0.25, -0.2) is 0 Å². The molecule has 0 fully saturated rings. The molecule has 1 N–H and O–H groups in total. The number of rotatable bonds is 5. The standard InChI is InChI=1S/C4H10NO6P2/c1-5(2,3)4(10-12(6)7)11-13(8)9/h4H,1-3H3/q+1/p+1. The first-order valence-electron chi connectivity index (χ1n) is 3.18. The first-order valence-corrected chi connectivity index (χ1v) is 5.41. The van der Waals surface area contributed by atoms with E-state index < -0.39 is 22.9 Å². The van der Waals surface area contributed by atoms with E-state index >= 15 is 0 Å². The highest BCUT2D eigenvalue weighted by atomic mass is 31.1. The van der Waals surface area contributed by atoms with E-state index in [1.165, 1.54) is 0 Å². The zero-order chi connectivity index (χ0) is 10.6. The van der Waals surface area contributed by atoms with Gasteiger partial charge < -0.3 is 4.89 Å². The Balaban J connectivity index is 4.37. The number of hydrogen-bond donors (Lipinski definition) is 1. The van der Waals surface area contributed by atoms with E-state index in [1.54, 1.807) is 21.1 Å². The molecule has 0 saturated heterocycles. The summed E-state index contributed by atoms with van der Waals surface area (Å²) < 4.78 is 29.0. The van der Waals surface area contributed by atoms with Crippen molar-refractivity contribution in [2.24, 2.45) is 0 Å². The molecule has 76 valence electrons. The van der Waals surface area contributed by atoms with Gasteiger partial charge in [0.05, 0.1) is 21.1 Å². The molecule has 3 unspecified atom stereocenters. The third-order valence-corrected chi connectivity index (χ3v) is 1.70. The predicted molar refractivity (Wildman–Crippen MR) is 41.4 cm³/mol. The van der Waals surface area contributed by atoms with Crippen molar-refractivity contribution in [3.63, 3.8) is 0 Å². The second-order valence-corrected chi connectivity index (χ2v) is 4.44. The Hall–Kier alpha value is -0.0000000000000000763. The van der Waals surface area contributed by atoms with Crippen molar-refractivity contribution >= 4 is 16.5 Å². The third kappa shape index (κ3) is 6.12. The van der Waals surface area contributed by atoms with E-state index in [-0.39, 0.29) is 4.48 Å². The number of quaternary nitrogens is 1. The van der Waals surface area contributed by atoms with Crippen LogP contribution in [0.2, 0.25) is 0 Å². The molecule has 0 aromatic carbocycles. The van der Waals surface area contributed by atoms with Crippen molar-refractivity contribution in [1.29, 1.82) is 0 Å². The van der Waals surface area contributed by atoms with Crippen LogP contribution in [0.3, 0.4) is 0 Å². The van der Waals surface area contributed by atoms with Gasteiger partial charge in [-0.05, 0) is 9.09 Å². The van der Waals surface area contributed by atoms with Gasteiger partial charge in [-0.2, -0.15) is 0 Å². The molecule has 0 radical (unpaired) electrons. The monoisotopic (exact) mass is 231 g/mol. The average molecular weight is 231 g/mol. The van der Waals surface area contributed by atoms with E-state index in [2.05, 4.69) is 9.05 Å². The average Bonchev–Trinajstić information content (AvgIpc) is 1.81. The maximum atomic E-state index is 10.3. The molecule has 0 aromatic rings. The first kappa shape index (κ1) is 13.0. The molecule has 0 bridgehead atoms. The summed E-state index contributed by atoms with van der Waals surface area (Å²) >= 11 is 0. The minimum atomic E-state index is -3.11. The van der Waals surface area contributed by atoms with Gasteiger partial charge >= 0.3 is 22.9 Å². The Bertz CT molecular complexity index is 197. The van der Waals surface area contributed by atoms with Crippen molar-refractivity contribution in [1.82, 2.24) is 0 Å². The summed E-state index contributed by atoms with van der Waals surface area (Å²) in [6.07, 6.45) is -1.31. The Kier molecular flexibility index (Phi) is 5.02. The van der Waals surface area contributed by atoms with Gasteiger partial charge in [-0.3, -0.25) is 4.48 Å². The Morgan fingerprint density at radius 3 is 2.00 bits per heavy atom. The molecule has 3 atom stereocenters. The maximum absolute atomic E-state index is 10.3. The Labute approximate surface area is 77.4 Å². The fourth-order valence-corrected chi connectivity index (χ4v) is 1.47. The molecule has 0 amide bonds. The molecule has 0 aliphatic rings. The van der Waals surface area contributed by atoms with Crippen LogP contribution in [0, 0.1) is 0 Å². The van der Waals surface area contributed by atoms with Crippen molar-refractivity contribution in [2.75, 3.05) is 21.1 Å². The lowest BCUT2D eigenvalue weighted by molar-refractivity contribution is -0.936. The van der Waals surface area contributed by atoms with Crippen LogP contribution in [-0.2, 0) is 18.2 Å². The molecule has 0 rings (SSSR count). The normalized spacial score (nSPS) is 16.7. The van der Waals surface area contributed by atoms with Crippen LogP contribution in [0.1, 0.15) is 0 Å². The highest BCUT2D eigenvalue weighted by molar-refractivity contribution is 7.32. The zero-order valence-electron chi connectivity index (χ0n) is 7.41. The molecule has 0 spiro atoms. The predicted octanol–water partition coefficient (Wildman–Crippen LogP) is -0.323. The summed E-state index contributed by atoms with van der Waals surface area (Å²) in [5.41, 5.74) is 0. The molecule has 9 heteroatoms. The van der Waals surface area contributed by atoms with Crippen LogP contribution in [-0.4, -0.2) is 36.9 Å². The zero-order valence-corrected chi connectivity index (χ0v) is 9.20. The molecule has 0 saturated carbocycles. The van der Waals surface area contributed by atoms with E-state index in [1.807, 2.05) is 0 Å². The topological polar surface area (TPSA) is 95.9 Å². The lowest BCUT2D eigenvalue weighted by Crippen LogP contribution is -2.46. The molecule has 0 heterocycles. The largest absolute Gasteiger partial charge is 0.703 e. The summed E-state index contributed by atoms with van der Waals surface area (Å²) in [5, 5.41) is 0. The summed E-state index contributed by atoms with van der Waals surface area (Å²) in [6.45, 7) is 0. The van der Waals surface area contributed by atoms with E-state index in [9.17, 15) is 14.0 Å². The molecule has 13 heavy (non-hydrogen) atoms. The van der Waals surface area contributed by atoms with Gasteiger partial charge in [-0.1, -0.05) is 4.52 Å². The number of hydrogen-bond acceptors (Lipinski definition) is 5.